The van der Waals surface area contributed by atoms with Gasteiger partial charge in [0.2, 0.25) is 0 Å². The number of rotatable bonds is 4. The summed E-state index contributed by atoms with van der Waals surface area (Å²) in [5.41, 5.74) is 1.74. The molecule has 3 rings (SSSR count). The number of hydrogen-bond acceptors (Lipinski definition) is 2. The molecule has 2 aromatic rings. The molecule has 0 N–H and O–H groups in total. The third kappa shape index (κ3) is 5.24. The molecule has 1 aliphatic heterocycles. The van der Waals surface area contributed by atoms with Gasteiger partial charge in [-0.05, 0) is 23.3 Å². The van der Waals surface area contributed by atoms with Crippen molar-refractivity contribution in [3.8, 4) is 0 Å². The molecule has 4 nitrogen and oxygen atoms in total. The van der Waals surface area contributed by atoms with Gasteiger partial charge in [-0.25, -0.2) is 0 Å². The molecule has 1 aliphatic rings. The van der Waals surface area contributed by atoms with Crippen LogP contribution >= 0.6 is 23.2 Å². The van der Waals surface area contributed by atoms with E-state index in [4.69, 9.17) is 23.2 Å². The molecule has 0 saturated carbocycles. The molecule has 1 fully saturated rings. The van der Waals surface area contributed by atoms with Gasteiger partial charge in [-0.3, -0.25) is 9.59 Å². The Labute approximate surface area is 174 Å². The van der Waals surface area contributed by atoms with Crippen LogP contribution in [0.2, 0.25) is 0 Å². The van der Waals surface area contributed by atoms with Gasteiger partial charge in [0.1, 0.15) is 10.1 Å². The van der Waals surface area contributed by atoms with E-state index in [1.807, 2.05) is 60.7 Å². The van der Waals surface area contributed by atoms with Crippen LogP contribution in [0, 0.1) is 0 Å². The topological polar surface area (TPSA) is 40.6 Å². The summed E-state index contributed by atoms with van der Waals surface area (Å²) in [6.45, 7) is 1.66. The highest BCUT2D eigenvalue weighted by molar-refractivity contribution is 6.44. The number of halogens is 2. The van der Waals surface area contributed by atoms with Crippen molar-refractivity contribution in [3.63, 3.8) is 0 Å². The zero-order chi connectivity index (χ0) is 19.9. The zero-order valence-corrected chi connectivity index (χ0v) is 16.7. The second kappa shape index (κ2) is 9.58. The fourth-order valence-corrected chi connectivity index (χ4v) is 3.42. The first kappa shape index (κ1) is 20.2. The van der Waals surface area contributed by atoms with Crippen LogP contribution in [0.15, 0.2) is 70.7 Å². The highest BCUT2D eigenvalue weighted by Crippen LogP contribution is 2.17. The summed E-state index contributed by atoms with van der Waals surface area (Å²) in [6, 6.07) is 18.9. The summed E-state index contributed by atoms with van der Waals surface area (Å²) in [4.78, 5) is 28.4. The van der Waals surface area contributed by atoms with Crippen LogP contribution in [0.5, 0.6) is 0 Å². The standard InChI is InChI=1S/C22H20Cl2N2O2/c23-19(15-17-7-3-1-4-8-17)21(27)25-11-13-26(14-12-25)22(28)20(24)16-18-9-5-2-6-10-18/h1-10,15-16H,11-14H2/b19-15-,20-16+. The van der Waals surface area contributed by atoms with Crippen LogP contribution in [0.25, 0.3) is 12.2 Å². The van der Waals surface area contributed by atoms with Crippen molar-refractivity contribution in [3.05, 3.63) is 81.9 Å². The third-order valence-electron chi connectivity index (χ3n) is 4.45. The molecule has 0 aliphatic carbocycles. The zero-order valence-electron chi connectivity index (χ0n) is 15.2. The molecule has 0 atom stereocenters. The van der Waals surface area contributed by atoms with E-state index in [2.05, 4.69) is 0 Å². The molecule has 28 heavy (non-hydrogen) atoms. The number of carbonyl (C=O) groups is 2. The highest BCUT2D eigenvalue weighted by atomic mass is 35.5. The normalized spacial score (nSPS) is 15.5. The van der Waals surface area contributed by atoms with Gasteiger partial charge >= 0.3 is 0 Å². The first-order valence-electron chi connectivity index (χ1n) is 8.97. The predicted octanol–water partition coefficient (Wildman–Crippen LogP) is 4.22. The Bertz CT molecular complexity index is 812. The molecule has 0 bridgehead atoms. The number of nitrogens with zero attached hydrogens (tertiary/aromatic N) is 2. The summed E-state index contributed by atoms with van der Waals surface area (Å²) >= 11 is 12.4. The average molecular weight is 415 g/mol. The summed E-state index contributed by atoms with van der Waals surface area (Å²) in [5, 5.41) is 0.320. The molecule has 0 aromatic heterocycles. The Kier molecular flexibility index (Phi) is 6.90. The van der Waals surface area contributed by atoms with Gasteiger partial charge in [0.15, 0.2) is 0 Å². The Morgan fingerprint density at radius 3 is 1.29 bits per heavy atom. The molecule has 0 radical (unpaired) electrons. The maximum absolute atomic E-state index is 12.5. The number of benzene rings is 2. The second-order valence-corrected chi connectivity index (χ2v) is 7.20. The SMILES string of the molecule is O=C(/C(Cl)=C/c1ccccc1)N1CCN(C(=O)/C(Cl)=C\c2ccccc2)CC1. The molecule has 0 unspecified atom stereocenters. The molecular formula is C22H20Cl2N2O2. The van der Waals surface area contributed by atoms with Crippen LogP contribution in [0.1, 0.15) is 11.1 Å². The van der Waals surface area contributed by atoms with Crippen LogP contribution in [-0.4, -0.2) is 47.8 Å². The van der Waals surface area contributed by atoms with Crippen molar-refractivity contribution in [2.24, 2.45) is 0 Å². The summed E-state index contributed by atoms with van der Waals surface area (Å²) in [6.07, 6.45) is 3.31. The van der Waals surface area contributed by atoms with Crippen molar-refractivity contribution in [1.82, 2.24) is 9.80 Å². The molecule has 6 heteroatoms. The van der Waals surface area contributed by atoms with E-state index < -0.39 is 0 Å². The molecule has 144 valence electrons. The van der Waals surface area contributed by atoms with Gasteiger partial charge in [-0.2, -0.15) is 0 Å². The summed E-state index contributed by atoms with van der Waals surface area (Å²) < 4.78 is 0. The molecule has 1 heterocycles. The van der Waals surface area contributed by atoms with Crippen LogP contribution in [0.3, 0.4) is 0 Å². The van der Waals surface area contributed by atoms with Crippen molar-refractivity contribution < 1.29 is 9.59 Å². The van der Waals surface area contributed by atoms with Gasteiger partial charge in [0.25, 0.3) is 11.8 Å². The van der Waals surface area contributed by atoms with Crippen molar-refractivity contribution in [2.75, 3.05) is 26.2 Å². The van der Waals surface area contributed by atoms with E-state index in [0.717, 1.165) is 11.1 Å². The first-order chi connectivity index (χ1) is 13.5. The Morgan fingerprint density at radius 1 is 0.643 bits per heavy atom. The van der Waals surface area contributed by atoms with Gasteiger partial charge in [0, 0.05) is 26.2 Å². The van der Waals surface area contributed by atoms with Crippen molar-refractivity contribution in [1.29, 1.82) is 0 Å². The lowest BCUT2D eigenvalue weighted by Gasteiger charge is -2.34. The van der Waals surface area contributed by atoms with E-state index in [0.29, 0.717) is 26.2 Å². The first-order valence-corrected chi connectivity index (χ1v) is 9.73. The lowest BCUT2D eigenvalue weighted by Crippen LogP contribution is -2.50. The molecule has 2 amide bonds. The highest BCUT2D eigenvalue weighted by Gasteiger charge is 2.26. The molecule has 1 saturated heterocycles. The van der Waals surface area contributed by atoms with E-state index in [1.165, 1.54) is 0 Å². The minimum absolute atomic E-state index is 0.160. The minimum atomic E-state index is -0.233. The maximum Gasteiger partial charge on any atom is 0.265 e. The fraction of sp³-hybridized carbons (Fsp3) is 0.182. The predicted molar refractivity (Wildman–Crippen MR) is 114 cm³/mol. The smallest absolute Gasteiger partial charge is 0.265 e. The average Bonchev–Trinajstić information content (AvgIpc) is 2.74. The van der Waals surface area contributed by atoms with Crippen LogP contribution in [-0.2, 0) is 9.59 Å². The van der Waals surface area contributed by atoms with Crippen molar-refractivity contribution >= 4 is 47.2 Å². The Morgan fingerprint density at radius 2 is 0.964 bits per heavy atom. The molecular weight excluding hydrogens is 395 g/mol. The van der Waals surface area contributed by atoms with Gasteiger partial charge < -0.3 is 9.80 Å². The monoisotopic (exact) mass is 414 g/mol. The number of piperazine rings is 1. The summed E-state index contributed by atoms with van der Waals surface area (Å²) in [5.74, 6) is -0.466. The van der Waals surface area contributed by atoms with E-state index in [1.54, 1.807) is 22.0 Å². The minimum Gasteiger partial charge on any atom is -0.334 e. The number of amides is 2. The van der Waals surface area contributed by atoms with E-state index in [9.17, 15) is 9.59 Å². The van der Waals surface area contributed by atoms with Gasteiger partial charge in [0.05, 0.1) is 0 Å². The van der Waals surface area contributed by atoms with E-state index in [-0.39, 0.29) is 21.9 Å². The Balaban J connectivity index is 1.58. The van der Waals surface area contributed by atoms with Gasteiger partial charge in [-0.1, -0.05) is 83.9 Å². The Hall–Kier alpha value is -2.56. The molecule has 2 aromatic carbocycles. The van der Waals surface area contributed by atoms with Crippen molar-refractivity contribution in [2.45, 2.75) is 0 Å². The molecule has 0 spiro atoms. The van der Waals surface area contributed by atoms with Gasteiger partial charge in [-0.15, -0.1) is 0 Å². The van der Waals surface area contributed by atoms with Crippen LogP contribution < -0.4 is 0 Å². The summed E-state index contributed by atoms with van der Waals surface area (Å²) in [7, 11) is 0. The van der Waals surface area contributed by atoms with Crippen LogP contribution in [0.4, 0.5) is 0 Å². The fourth-order valence-electron chi connectivity index (χ4n) is 2.93. The maximum atomic E-state index is 12.5. The number of carbonyl (C=O) groups excluding carboxylic acids is 2. The largest absolute Gasteiger partial charge is 0.334 e. The van der Waals surface area contributed by atoms with E-state index >= 15 is 0 Å². The second-order valence-electron chi connectivity index (χ2n) is 6.39. The quantitative estimate of drug-likeness (QED) is 0.702. The third-order valence-corrected chi connectivity index (χ3v) is 4.99. The lowest BCUT2D eigenvalue weighted by atomic mass is 10.2. The number of hydrogen-bond donors (Lipinski definition) is 0. The lowest BCUT2D eigenvalue weighted by molar-refractivity contribution is -0.134.